The summed E-state index contributed by atoms with van der Waals surface area (Å²) >= 11 is 0. The normalized spacial score (nSPS) is 16.9. The first-order chi connectivity index (χ1) is 10.4. The molecule has 1 aliphatic rings. The van der Waals surface area contributed by atoms with Gasteiger partial charge in [-0.1, -0.05) is 24.6 Å². The predicted molar refractivity (Wildman–Crippen MR) is 75.5 cm³/mol. The van der Waals surface area contributed by atoms with E-state index in [2.05, 4.69) is 4.98 Å². The fraction of sp³-hybridized carbons (Fsp3) is 0.294. The molecule has 0 aliphatic heterocycles. The van der Waals surface area contributed by atoms with Crippen LogP contribution in [0.25, 0.3) is 0 Å². The Balaban J connectivity index is 1.95. The molecule has 0 bridgehead atoms. The number of Topliss-reactive ketones (excluding diaryl/α,β-unsaturated/α-hetero) is 1. The van der Waals surface area contributed by atoms with Gasteiger partial charge in [0.2, 0.25) is 0 Å². The average Bonchev–Trinajstić information content (AvgIpc) is 2.46. The monoisotopic (exact) mass is 305 g/mol. The van der Waals surface area contributed by atoms with Crippen LogP contribution in [0.5, 0.6) is 0 Å². The third kappa shape index (κ3) is 2.40. The van der Waals surface area contributed by atoms with Crippen LogP contribution in [-0.2, 0) is 11.6 Å². The Labute approximate surface area is 126 Å². The summed E-state index contributed by atoms with van der Waals surface area (Å²) in [4.78, 5) is 16.8. The van der Waals surface area contributed by atoms with Gasteiger partial charge < -0.3 is 0 Å². The number of ketones is 1. The van der Waals surface area contributed by atoms with Crippen molar-refractivity contribution in [2.75, 3.05) is 0 Å². The van der Waals surface area contributed by atoms with E-state index in [4.69, 9.17) is 0 Å². The minimum atomic E-state index is -4.36. The fourth-order valence-corrected chi connectivity index (χ4v) is 2.90. The summed E-state index contributed by atoms with van der Waals surface area (Å²) in [5.41, 5.74) is -0.418. The largest absolute Gasteiger partial charge is 0.416 e. The summed E-state index contributed by atoms with van der Waals surface area (Å²) < 4.78 is 38.0. The van der Waals surface area contributed by atoms with Gasteiger partial charge in [-0.05, 0) is 42.7 Å². The number of nitrogens with zero attached hydrogens (tertiary/aromatic N) is 1. The first-order valence-corrected chi connectivity index (χ1v) is 7.07. The van der Waals surface area contributed by atoms with Crippen molar-refractivity contribution >= 4 is 5.78 Å². The number of rotatable bonds is 3. The van der Waals surface area contributed by atoms with Gasteiger partial charge >= 0.3 is 6.18 Å². The van der Waals surface area contributed by atoms with E-state index in [1.54, 1.807) is 24.4 Å². The van der Waals surface area contributed by atoms with Crippen LogP contribution in [-0.4, -0.2) is 10.8 Å². The topological polar surface area (TPSA) is 30.0 Å². The van der Waals surface area contributed by atoms with Gasteiger partial charge in [-0.3, -0.25) is 9.78 Å². The molecule has 1 heterocycles. The van der Waals surface area contributed by atoms with Crippen molar-refractivity contribution in [3.8, 4) is 0 Å². The summed E-state index contributed by atoms with van der Waals surface area (Å²) in [6.07, 6.45) is -0.635. The van der Waals surface area contributed by atoms with Crippen molar-refractivity contribution < 1.29 is 18.0 Å². The molecule has 0 atom stereocenters. The molecular formula is C17H14F3NO. The SMILES string of the molecule is O=C(c1ccccn1)C1(c2ccc(C(F)(F)F)cc2)CCC1. The van der Waals surface area contributed by atoms with Gasteiger partial charge in [-0.2, -0.15) is 13.2 Å². The lowest BCUT2D eigenvalue weighted by atomic mass is 9.61. The number of benzene rings is 1. The number of hydrogen-bond donors (Lipinski definition) is 0. The molecule has 1 aromatic carbocycles. The molecule has 114 valence electrons. The van der Waals surface area contributed by atoms with Crippen LogP contribution in [0.2, 0.25) is 0 Å². The second-order valence-electron chi connectivity index (χ2n) is 5.55. The predicted octanol–water partition coefficient (Wildman–Crippen LogP) is 4.41. The lowest BCUT2D eigenvalue weighted by Crippen LogP contribution is -2.42. The van der Waals surface area contributed by atoms with Gasteiger partial charge in [0.15, 0.2) is 5.78 Å². The molecule has 0 saturated heterocycles. The van der Waals surface area contributed by atoms with Gasteiger partial charge in [-0.15, -0.1) is 0 Å². The minimum Gasteiger partial charge on any atom is -0.291 e. The Hall–Kier alpha value is -2.17. The summed E-state index contributed by atoms with van der Waals surface area (Å²) in [6, 6.07) is 10.0. The van der Waals surface area contributed by atoms with Gasteiger partial charge in [0.25, 0.3) is 0 Å². The fourth-order valence-electron chi connectivity index (χ4n) is 2.90. The molecule has 1 fully saturated rings. The Bertz CT molecular complexity index is 673. The van der Waals surface area contributed by atoms with Crippen LogP contribution in [0.3, 0.4) is 0 Å². The minimum absolute atomic E-state index is 0.112. The number of aromatic nitrogens is 1. The van der Waals surface area contributed by atoms with Crippen LogP contribution in [0.15, 0.2) is 48.7 Å². The number of carbonyl (C=O) groups excluding carboxylic acids is 1. The molecule has 5 heteroatoms. The zero-order chi connectivity index (χ0) is 15.8. The molecule has 0 radical (unpaired) electrons. The van der Waals surface area contributed by atoms with Crippen LogP contribution < -0.4 is 0 Å². The second kappa shape index (κ2) is 5.23. The van der Waals surface area contributed by atoms with Crippen molar-refractivity contribution in [3.05, 3.63) is 65.5 Å². The van der Waals surface area contributed by atoms with E-state index in [1.807, 2.05) is 0 Å². The molecule has 3 rings (SSSR count). The van der Waals surface area contributed by atoms with Crippen LogP contribution in [0.1, 0.15) is 40.9 Å². The molecule has 22 heavy (non-hydrogen) atoms. The molecular weight excluding hydrogens is 291 g/mol. The van der Waals surface area contributed by atoms with E-state index < -0.39 is 17.2 Å². The average molecular weight is 305 g/mol. The quantitative estimate of drug-likeness (QED) is 0.786. The van der Waals surface area contributed by atoms with Crippen LogP contribution in [0.4, 0.5) is 13.2 Å². The van der Waals surface area contributed by atoms with Crippen molar-refractivity contribution in [1.29, 1.82) is 0 Å². The molecule has 2 nitrogen and oxygen atoms in total. The maximum atomic E-state index is 12.7. The molecule has 0 spiro atoms. The summed E-state index contributed by atoms with van der Waals surface area (Å²) in [5, 5.41) is 0. The zero-order valence-electron chi connectivity index (χ0n) is 11.7. The molecule has 1 aromatic heterocycles. The summed E-state index contributed by atoms with van der Waals surface area (Å²) in [5.74, 6) is -0.112. The van der Waals surface area contributed by atoms with E-state index in [0.29, 0.717) is 24.1 Å². The third-order valence-electron chi connectivity index (χ3n) is 4.30. The number of hydrogen-bond acceptors (Lipinski definition) is 2. The van der Waals surface area contributed by atoms with E-state index in [-0.39, 0.29) is 5.78 Å². The Morgan fingerprint density at radius 2 is 1.73 bits per heavy atom. The van der Waals surface area contributed by atoms with Crippen molar-refractivity contribution in [3.63, 3.8) is 0 Å². The molecule has 2 aromatic rings. The molecule has 0 N–H and O–H groups in total. The van der Waals surface area contributed by atoms with Crippen molar-refractivity contribution in [2.45, 2.75) is 30.9 Å². The number of pyridine rings is 1. The Morgan fingerprint density at radius 1 is 1.05 bits per heavy atom. The van der Waals surface area contributed by atoms with Gasteiger partial charge in [0.05, 0.1) is 11.0 Å². The Morgan fingerprint density at radius 3 is 2.18 bits per heavy atom. The molecule has 1 aliphatic carbocycles. The summed E-state index contributed by atoms with van der Waals surface area (Å²) in [7, 11) is 0. The smallest absolute Gasteiger partial charge is 0.291 e. The van der Waals surface area contributed by atoms with E-state index in [1.165, 1.54) is 12.1 Å². The van der Waals surface area contributed by atoms with Crippen LogP contribution >= 0.6 is 0 Å². The van der Waals surface area contributed by atoms with E-state index in [9.17, 15) is 18.0 Å². The standard InChI is InChI=1S/C17H14F3NO/c18-17(19,20)13-7-5-12(6-8-13)16(9-3-10-16)15(22)14-4-1-2-11-21-14/h1-2,4-8,11H,3,9-10H2. The lowest BCUT2D eigenvalue weighted by molar-refractivity contribution is -0.137. The number of carbonyl (C=O) groups is 1. The van der Waals surface area contributed by atoms with Crippen LogP contribution in [0, 0.1) is 0 Å². The maximum Gasteiger partial charge on any atom is 0.416 e. The van der Waals surface area contributed by atoms with Crippen molar-refractivity contribution in [1.82, 2.24) is 4.98 Å². The third-order valence-corrected chi connectivity index (χ3v) is 4.30. The molecule has 0 amide bonds. The maximum absolute atomic E-state index is 12.7. The summed E-state index contributed by atoms with van der Waals surface area (Å²) in [6.45, 7) is 0. The highest BCUT2D eigenvalue weighted by Gasteiger charge is 2.46. The second-order valence-corrected chi connectivity index (χ2v) is 5.55. The van der Waals surface area contributed by atoms with Gasteiger partial charge in [-0.25, -0.2) is 0 Å². The highest BCUT2D eigenvalue weighted by atomic mass is 19.4. The van der Waals surface area contributed by atoms with E-state index in [0.717, 1.165) is 18.6 Å². The highest BCUT2D eigenvalue weighted by Crippen LogP contribution is 2.46. The lowest BCUT2D eigenvalue weighted by Gasteiger charge is -2.40. The molecule has 0 unspecified atom stereocenters. The van der Waals surface area contributed by atoms with Gasteiger partial charge in [0.1, 0.15) is 5.69 Å². The number of halogens is 3. The first-order valence-electron chi connectivity index (χ1n) is 7.07. The molecule has 1 saturated carbocycles. The van der Waals surface area contributed by atoms with E-state index >= 15 is 0 Å². The zero-order valence-corrected chi connectivity index (χ0v) is 11.7. The Kier molecular flexibility index (Phi) is 3.51. The van der Waals surface area contributed by atoms with Crippen molar-refractivity contribution in [2.24, 2.45) is 0 Å². The highest BCUT2D eigenvalue weighted by molar-refractivity contribution is 6.03. The number of alkyl halides is 3. The first kappa shape index (κ1) is 14.8. The van der Waals surface area contributed by atoms with Gasteiger partial charge in [0, 0.05) is 6.20 Å².